The van der Waals surface area contributed by atoms with Gasteiger partial charge in [-0.1, -0.05) is 23.9 Å². The van der Waals surface area contributed by atoms with Crippen LogP contribution in [0.15, 0.2) is 45.3 Å². The molecule has 0 atom stereocenters. The molecule has 4 rings (SSSR count). The van der Waals surface area contributed by atoms with Crippen molar-refractivity contribution in [1.29, 1.82) is 0 Å². The van der Waals surface area contributed by atoms with E-state index in [1.54, 1.807) is 30.5 Å². The van der Waals surface area contributed by atoms with Gasteiger partial charge in [-0.25, -0.2) is 18.4 Å². The van der Waals surface area contributed by atoms with Crippen LogP contribution >= 0.6 is 11.8 Å². The van der Waals surface area contributed by atoms with Crippen molar-refractivity contribution in [2.45, 2.75) is 40.1 Å². The molecule has 1 fully saturated rings. The molecular weight excluding hydrogens is 396 g/mol. The fraction of sp³-hybridized carbons (Fsp3) is 0.389. The highest BCUT2D eigenvalue weighted by atomic mass is 32.2. The Bertz CT molecular complexity index is 1120. The van der Waals surface area contributed by atoms with Crippen LogP contribution in [0, 0.1) is 0 Å². The molecule has 1 aliphatic rings. The number of anilines is 1. The Kier molecular flexibility index (Phi) is 4.80. The third kappa shape index (κ3) is 3.98. The predicted molar refractivity (Wildman–Crippen MR) is 109 cm³/mol. The summed E-state index contributed by atoms with van der Waals surface area (Å²) in [5, 5.41) is 0.592. The van der Waals surface area contributed by atoms with Crippen molar-refractivity contribution in [3.8, 4) is 0 Å². The molecule has 0 saturated carbocycles. The maximum Gasteiger partial charge on any atom is 0.206 e. The molecule has 10 heteroatoms. The average molecular weight is 419 g/mol. The number of aromatic nitrogens is 4. The van der Waals surface area contributed by atoms with E-state index < -0.39 is 9.84 Å². The molecular formula is C18H22N6O2S2. The molecule has 2 aromatic heterocycles. The van der Waals surface area contributed by atoms with E-state index >= 15 is 0 Å². The lowest BCUT2D eigenvalue weighted by Crippen LogP contribution is -2.48. The summed E-state index contributed by atoms with van der Waals surface area (Å²) in [6.45, 7) is 3.73. The van der Waals surface area contributed by atoms with Crippen molar-refractivity contribution in [1.82, 2.24) is 19.9 Å². The SMILES string of the molecule is CC1(N)CCN(c2nc3nc(Sc4ccccc4S(C)(=O)=O)cnc3[nH]2)CC1. The van der Waals surface area contributed by atoms with E-state index in [0.717, 1.165) is 31.9 Å². The van der Waals surface area contributed by atoms with Crippen LogP contribution in [-0.2, 0) is 9.84 Å². The number of sulfone groups is 1. The molecule has 148 valence electrons. The average Bonchev–Trinajstić information content (AvgIpc) is 3.04. The van der Waals surface area contributed by atoms with E-state index in [2.05, 4.69) is 31.8 Å². The van der Waals surface area contributed by atoms with Gasteiger partial charge in [0.1, 0.15) is 5.03 Å². The largest absolute Gasteiger partial charge is 0.342 e. The molecule has 0 unspecified atom stereocenters. The van der Waals surface area contributed by atoms with Gasteiger partial charge < -0.3 is 15.6 Å². The van der Waals surface area contributed by atoms with Gasteiger partial charge in [-0.15, -0.1) is 0 Å². The number of nitrogens with two attached hydrogens (primary N) is 1. The number of benzene rings is 1. The molecule has 0 spiro atoms. The van der Waals surface area contributed by atoms with Crippen LogP contribution in [0.3, 0.4) is 0 Å². The van der Waals surface area contributed by atoms with Crippen LogP contribution in [0.5, 0.6) is 0 Å². The summed E-state index contributed by atoms with van der Waals surface area (Å²) < 4.78 is 24.0. The molecule has 28 heavy (non-hydrogen) atoms. The van der Waals surface area contributed by atoms with E-state index in [4.69, 9.17) is 5.73 Å². The predicted octanol–water partition coefficient (Wildman–Crippen LogP) is 2.23. The molecule has 3 heterocycles. The van der Waals surface area contributed by atoms with Gasteiger partial charge >= 0.3 is 0 Å². The van der Waals surface area contributed by atoms with Gasteiger partial charge in [0.05, 0.1) is 11.1 Å². The number of rotatable bonds is 4. The zero-order valence-corrected chi connectivity index (χ0v) is 17.3. The first-order valence-corrected chi connectivity index (χ1v) is 11.7. The number of piperidine rings is 1. The van der Waals surface area contributed by atoms with Crippen LogP contribution in [-0.4, -0.2) is 53.2 Å². The second-order valence-corrected chi connectivity index (χ2v) is 10.4. The van der Waals surface area contributed by atoms with Crippen molar-refractivity contribution in [2.24, 2.45) is 5.73 Å². The monoisotopic (exact) mass is 418 g/mol. The minimum atomic E-state index is -3.32. The molecule has 0 amide bonds. The smallest absolute Gasteiger partial charge is 0.206 e. The number of H-pyrrole nitrogens is 1. The minimum absolute atomic E-state index is 0.129. The third-order valence-electron chi connectivity index (χ3n) is 4.84. The second-order valence-electron chi connectivity index (χ2n) is 7.40. The molecule has 3 aromatic rings. The van der Waals surface area contributed by atoms with Gasteiger partial charge in [-0.3, -0.25) is 0 Å². The molecule has 0 radical (unpaired) electrons. The van der Waals surface area contributed by atoms with Crippen molar-refractivity contribution < 1.29 is 8.42 Å². The lowest BCUT2D eigenvalue weighted by Gasteiger charge is -2.36. The van der Waals surface area contributed by atoms with Gasteiger partial charge in [-0.05, 0) is 31.9 Å². The summed E-state index contributed by atoms with van der Waals surface area (Å²) in [7, 11) is -3.32. The standard InChI is InChI=1S/C18H22N6O2S2/c1-18(19)7-9-24(10-8-18)17-22-15-16(23-17)21-14(11-20-15)27-12-5-3-4-6-13(12)28(2,25)26/h3-6,11H,7-10,19H2,1-2H3,(H,20,21,22,23). The minimum Gasteiger partial charge on any atom is -0.342 e. The van der Waals surface area contributed by atoms with E-state index in [1.165, 1.54) is 18.0 Å². The lowest BCUT2D eigenvalue weighted by atomic mass is 9.91. The summed E-state index contributed by atoms with van der Waals surface area (Å²) in [6.07, 6.45) is 4.62. The number of hydrogen-bond acceptors (Lipinski definition) is 8. The summed E-state index contributed by atoms with van der Waals surface area (Å²) >= 11 is 1.26. The zero-order valence-electron chi connectivity index (χ0n) is 15.7. The number of aromatic amines is 1. The normalized spacial score (nSPS) is 17.2. The van der Waals surface area contributed by atoms with E-state index in [1.807, 2.05) is 0 Å². The molecule has 0 bridgehead atoms. The Morgan fingerprint density at radius 3 is 2.64 bits per heavy atom. The summed E-state index contributed by atoms with van der Waals surface area (Å²) in [4.78, 5) is 19.8. The Labute approximate surface area is 167 Å². The topological polar surface area (TPSA) is 118 Å². The fourth-order valence-corrected chi connectivity index (χ4v) is 5.26. The Morgan fingerprint density at radius 1 is 1.21 bits per heavy atom. The molecule has 1 aromatic carbocycles. The van der Waals surface area contributed by atoms with Crippen LogP contribution in [0.1, 0.15) is 19.8 Å². The maximum atomic E-state index is 12.0. The van der Waals surface area contributed by atoms with Gasteiger partial charge in [0.25, 0.3) is 0 Å². The molecule has 3 N–H and O–H groups in total. The number of hydrogen-bond donors (Lipinski definition) is 2. The zero-order chi connectivity index (χ0) is 19.9. The first-order chi connectivity index (χ1) is 13.2. The summed E-state index contributed by atoms with van der Waals surface area (Å²) in [6, 6.07) is 6.87. The van der Waals surface area contributed by atoms with Gasteiger partial charge in [0.15, 0.2) is 21.1 Å². The fourth-order valence-electron chi connectivity index (χ4n) is 3.15. The molecule has 1 aliphatic heterocycles. The van der Waals surface area contributed by atoms with Crippen molar-refractivity contribution >= 4 is 38.8 Å². The van der Waals surface area contributed by atoms with Gasteiger partial charge in [-0.2, -0.15) is 4.98 Å². The van der Waals surface area contributed by atoms with Crippen LogP contribution in [0.4, 0.5) is 5.95 Å². The van der Waals surface area contributed by atoms with E-state index in [-0.39, 0.29) is 10.4 Å². The maximum absolute atomic E-state index is 12.0. The van der Waals surface area contributed by atoms with Gasteiger partial charge in [0, 0.05) is 29.8 Å². The summed E-state index contributed by atoms with van der Waals surface area (Å²) in [5.74, 6) is 0.740. The Hall–Kier alpha value is -2.17. The molecule has 1 saturated heterocycles. The second kappa shape index (κ2) is 7.02. The number of imidazole rings is 1. The highest BCUT2D eigenvalue weighted by Crippen LogP contribution is 2.32. The highest BCUT2D eigenvalue weighted by Gasteiger charge is 2.27. The first-order valence-electron chi connectivity index (χ1n) is 8.95. The Balaban J connectivity index is 1.60. The van der Waals surface area contributed by atoms with Crippen molar-refractivity contribution in [2.75, 3.05) is 24.2 Å². The molecule has 8 nitrogen and oxygen atoms in total. The van der Waals surface area contributed by atoms with E-state index in [0.29, 0.717) is 21.2 Å². The third-order valence-corrected chi connectivity index (χ3v) is 7.11. The quantitative estimate of drug-likeness (QED) is 0.662. The number of nitrogens with zero attached hydrogens (tertiary/aromatic N) is 4. The lowest BCUT2D eigenvalue weighted by molar-refractivity contribution is 0.362. The highest BCUT2D eigenvalue weighted by molar-refractivity contribution is 8.00. The van der Waals surface area contributed by atoms with Crippen LogP contribution in [0.2, 0.25) is 0 Å². The van der Waals surface area contributed by atoms with Crippen molar-refractivity contribution in [3.63, 3.8) is 0 Å². The number of fused-ring (bicyclic) bond motifs is 1. The number of nitrogens with one attached hydrogen (secondary N) is 1. The first kappa shape index (κ1) is 19.2. The van der Waals surface area contributed by atoms with Crippen molar-refractivity contribution in [3.05, 3.63) is 30.5 Å². The van der Waals surface area contributed by atoms with Gasteiger partial charge in [0.2, 0.25) is 5.95 Å². The molecule has 0 aliphatic carbocycles. The van der Waals surface area contributed by atoms with E-state index in [9.17, 15) is 8.42 Å². The Morgan fingerprint density at radius 2 is 1.93 bits per heavy atom. The van der Waals surface area contributed by atoms with Crippen LogP contribution < -0.4 is 10.6 Å². The van der Waals surface area contributed by atoms with Crippen LogP contribution in [0.25, 0.3) is 11.3 Å². The summed E-state index contributed by atoms with van der Waals surface area (Å²) in [5.41, 5.74) is 7.19.